The normalized spacial score (nSPS) is 16.8. The summed E-state index contributed by atoms with van der Waals surface area (Å²) in [5.41, 5.74) is 1.32. The van der Waals surface area contributed by atoms with Gasteiger partial charge in [-0.05, 0) is 60.2 Å². The van der Waals surface area contributed by atoms with E-state index in [0.29, 0.717) is 23.3 Å². The molecule has 3 rings (SSSR count). The van der Waals surface area contributed by atoms with Gasteiger partial charge >= 0.3 is 6.36 Å². The molecule has 146 valence electrons. The van der Waals surface area contributed by atoms with Crippen LogP contribution in [-0.4, -0.2) is 12.5 Å². The zero-order valence-corrected chi connectivity index (χ0v) is 14.7. The van der Waals surface area contributed by atoms with Gasteiger partial charge in [0.1, 0.15) is 11.5 Å². The van der Waals surface area contributed by atoms with Crippen LogP contribution in [0.5, 0.6) is 11.5 Å². The van der Waals surface area contributed by atoms with Crippen LogP contribution in [0.3, 0.4) is 0 Å². The molecule has 7 heteroatoms. The minimum atomic E-state index is -4.80. The summed E-state index contributed by atoms with van der Waals surface area (Å²) in [5.74, 6) is 0.0734. The molecule has 27 heavy (non-hydrogen) atoms. The number of fused-ring (bicyclic) bond motifs is 1. The molecule has 1 atom stereocenters. The summed E-state index contributed by atoms with van der Waals surface area (Å²) in [6.07, 6.45) is -4.16. The molecule has 0 bridgehead atoms. The van der Waals surface area contributed by atoms with Gasteiger partial charge in [0.2, 0.25) is 0 Å². The molecule has 0 aliphatic carbocycles. The molecule has 1 aliphatic heterocycles. The van der Waals surface area contributed by atoms with Crippen LogP contribution >= 0.6 is 0 Å². The second-order valence-electron chi connectivity index (χ2n) is 6.49. The summed E-state index contributed by atoms with van der Waals surface area (Å²) >= 11 is 0. The maximum Gasteiger partial charge on any atom is 0.573 e. The lowest BCUT2D eigenvalue weighted by molar-refractivity contribution is -0.274. The van der Waals surface area contributed by atoms with Crippen LogP contribution in [0, 0.1) is 0 Å². The van der Waals surface area contributed by atoms with E-state index in [4.69, 9.17) is 4.74 Å². The van der Waals surface area contributed by atoms with Gasteiger partial charge < -0.3 is 9.47 Å². The number of benzene rings is 2. The Morgan fingerprint density at radius 2 is 1.85 bits per heavy atom. The SMILES string of the molecule is CCCC1CCc2cc(-c3ccc(OC(F)(F)F)cc3)c(C(F)F)cc2O1. The summed E-state index contributed by atoms with van der Waals surface area (Å²) in [7, 11) is 0. The summed E-state index contributed by atoms with van der Waals surface area (Å²) in [5, 5.41) is 0. The Hall–Kier alpha value is -2.31. The molecule has 0 fully saturated rings. The van der Waals surface area contributed by atoms with Crippen molar-refractivity contribution in [3.63, 3.8) is 0 Å². The van der Waals surface area contributed by atoms with Gasteiger partial charge in [-0.15, -0.1) is 13.2 Å². The standard InChI is InChI=1S/C20H19F5O2/c1-2-3-14-7-6-13-10-16(17(19(21)22)11-18(13)26-14)12-4-8-15(9-5-12)27-20(23,24)25/h4-5,8-11,14,19H,2-3,6-7H2,1H3. The quantitative estimate of drug-likeness (QED) is 0.534. The highest BCUT2D eigenvalue weighted by atomic mass is 19.4. The molecule has 2 aromatic carbocycles. The van der Waals surface area contributed by atoms with Crippen molar-refractivity contribution in [2.75, 3.05) is 0 Å². The topological polar surface area (TPSA) is 18.5 Å². The molecule has 0 saturated heterocycles. The fraction of sp³-hybridized carbons (Fsp3) is 0.400. The third kappa shape index (κ3) is 4.70. The highest BCUT2D eigenvalue weighted by molar-refractivity contribution is 5.71. The number of ether oxygens (including phenoxy) is 2. The second-order valence-corrected chi connectivity index (χ2v) is 6.49. The van der Waals surface area contributed by atoms with E-state index >= 15 is 0 Å². The van der Waals surface area contributed by atoms with Gasteiger partial charge in [0.15, 0.2) is 0 Å². The molecule has 0 saturated carbocycles. The highest BCUT2D eigenvalue weighted by Crippen LogP contribution is 2.40. The molecular weight excluding hydrogens is 367 g/mol. The second kappa shape index (κ2) is 7.74. The molecule has 0 aromatic heterocycles. The smallest absolute Gasteiger partial charge is 0.490 e. The lowest BCUT2D eigenvalue weighted by Gasteiger charge is -2.27. The average molecular weight is 386 g/mol. The third-order valence-corrected chi connectivity index (χ3v) is 4.51. The van der Waals surface area contributed by atoms with Crippen molar-refractivity contribution in [2.45, 2.75) is 51.5 Å². The number of rotatable bonds is 5. The molecule has 0 amide bonds. The number of hydrogen-bond donors (Lipinski definition) is 0. The highest BCUT2D eigenvalue weighted by Gasteiger charge is 2.31. The Morgan fingerprint density at radius 1 is 1.15 bits per heavy atom. The van der Waals surface area contributed by atoms with Crippen molar-refractivity contribution in [2.24, 2.45) is 0 Å². The lowest BCUT2D eigenvalue weighted by Crippen LogP contribution is -2.22. The van der Waals surface area contributed by atoms with E-state index in [-0.39, 0.29) is 11.7 Å². The van der Waals surface area contributed by atoms with Gasteiger partial charge in [0, 0.05) is 5.56 Å². The van der Waals surface area contributed by atoms with Crippen LogP contribution < -0.4 is 9.47 Å². The summed E-state index contributed by atoms with van der Waals surface area (Å²) < 4.78 is 73.7. The first kappa shape index (κ1) is 19.5. The van der Waals surface area contributed by atoms with E-state index in [1.165, 1.54) is 18.2 Å². The molecule has 1 aliphatic rings. The van der Waals surface area contributed by atoms with Crippen molar-refractivity contribution < 1.29 is 31.4 Å². The number of alkyl halides is 5. The summed E-state index contributed by atoms with van der Waals surface area (Å²) in [4.78, 5) is 0. The fourth-order valence-electron chi connectivity index (χ4n) is 3.29. The van der Waals surface area contributed by atoms with Gasteiger partial charge in [0.25, 0.3) is 6.43 Å². The minimum absolute atomic E-state index is 0.0256. The van der Waals surface area contributed by atoms with Gasteiger partial charge in [0.05, 0.1) is 6.10 Å². The van der Waals surface area contributed by atoms with Crippen molar-refractivity contribution in [1.29, 1.82) is 0 Å². The van der Waals surface area contributed by atoms with Crippen LogP contribution in [-0.2, 0) is 6.42 Å². The first-order valence-electron chi connectivity index (χ1n) is 8.74. The molecule has 0 radical (unpaired) electrons. The maximum absolute atomic E-state index is 13.6. The molecule has 2 aromatic rings. The molecule has 0 spiro atoms. The van der Waals surface area contributed by atoms with Crippen LogP contribution in [0.1, 0.15) is 43.7 Å². The predicted octanol–water partition coefficient (Wildman–Crippen LogP) is 6.68. The monoisotopic (exact) mass is 386 g/mol. The number of aryl methyl sites for hydroxylation is 1. The van der Waals surface area contributed by atoms with Crippen molar-refractivity contribution in [3.8, 4) is 22.6 Å². The summed E-state index contributed by atoms with van der Waals surface area (Å²) in [6, 6.07) is 7.93. The maximum atomic E-state index is 13.6. The third-order valence-electron chi connectivity index (χ3n) is 4.51. The molecule has 2 nitrogen and oxygen atoms in total. The molecule has 0 N–H and O–H groups in total. The Kier molecular flexibility index (Phi) is 5.58. The van der Waals surface area contributed by atoms with E-state index in [1.807, 2.05) is 6.92 Å². The lowest BCUT2D eigenvalue weighted by atomic mass is 9.92. The largest absolute Gasteiger partial charge is 0.573 e. The van der Waals surface area contributed by atoms with Crippen molar-refractivity contribution in [1.82, 2.24) is 0 Å². The molecule has 1 unspecified atom stereocenters. The van der Waals surface area contributed by atoms with Gasteiger partial charge in [-0.2, -0.15) is 0 Å². The Bertz CT molecular complexity index is 784. The fourth-order valence-corrected chi connectivity index (χ4v) is 3.29. The number of hydrogen-bond acceptors (Lipinski definition) is 2. The van der Waals surface area contributed by atoms with Crippen molar-refractivity contribution >= 4 is 0 Å². The van der Waals surface area contributed by atoms with Crippen LogP contribution in [0.4, 0.5) is 22.0 Å². The van der Waals surface area contributed by atoms with Gasteiger partial charge in [-0.3, -0.25) is 0 Å². The summed E-state index contributed by atoms with van der Waals surface area (Å²) in [6.45, 7) is 2.04. The first-order chi connectivity index (χ1) is 12.8. The Labute approximate surface area is 153 Å². The van der Waals surface area contributed by atoms with E-state index in [2.05, 4.69) is 4.74 Å². The predicted molar refractivity (Wildman–Crippen MR) is 91.2 cm³/mol. The van der Waals surface area contributed by atoms with E-state index < -0.39 is 18.5 Å². The molecule has 1 heterocycles. The van der Waals surface area contributed by atoms with Crippen LogP contribution in [0.15, 0.2) is 36.4 Å². The Morgan fingerprint density at radius 3 is 2.44 bits per heavy atom. The zero-order valence-electron chi connectivity index (χ0n) is 14.7. The van der Waals surface area contributed by atoms with Gasteiger partial charge in [-0.1, -0.05) is 25.5 Å². The molecular formula is C20H19F5O2. The van der Waals surface area contributed by atoms with Crippen LogP contribution in [0.2, 0.25) is 0 Å². The Balaban J connectivity index is 1.93. The van der Waals surface area contributed by atoms with E-state index in [1.54, 1.807) is 6.07 Å². The van der Waals surface area contributed by atoms with E-state index in [0.717, 1.165) is 37.0 Å². The minimum Gasteiger partial charge on any atom is -0.490 e. The average Bonchev–Trinajstić information content (AvgIpc) is 2.60. The van der Waals surface area contributed by atoms with Crippen molar-refractivity contribution in [3.05, 3.63) is 47.5 Å². The first-order valence-corrected chi connectivity index (χ1v) is 8.74. The van der Waals surface area contributed by atoms with Gasteiger partial charge in [-0.25, -0.2) is 8.78 Å². The number of halogens is 5. The van der Waals surface area contributed by atoms with Crippen LogP contribution in [0.25, 0.3) is 11.1 Å². The zero-order chi connectivity index (χ0) is 19.6. The van der Waals surface area contributed by atoms with E-state index in [9.17, 15) is 22.0 Å².